The van der Waals surface area contributed by atoms with Gasteiger partial charge in [-0.2, -0.15) is 0 Å². The summed E-state index contributed by atoms with van der Waals surface area (Å²) in [6, 6.07) is 12.8. The quantitative estimate of drug-likeness (QED) is 0.327. The van der Waals surface area contributed by atoms with Crippen LogP contribution in [0.3, 0.4) is 0 Å². The summed E-state index contributed by atoms with van der Waals surface area (Å²) in [5.41, 5.74) is 3.33. The van der Waals surface area contributed by atoms with Crippen molar-refractivity contribution in [3.05, 3.63) is 59.2 Å². The van der Waals surface area contributed by atoms with Crippen LogP contribution in [0.5, 0.6) is 5.75 Å². The molecule has 5 rings (SSSR count). The summed E-state index contributed by atoms with van der Waals surface area (Å²) in [6.45, 7) is 6.52. The van der Waals surface area contributed by atoms with Gasteiger partial charge < -0.3 is 19.0 Å². The highest BCUT2D eigenvalue weighted by atomic mass is 32.2. The number of aryl methyl sites for hydroxylation is 2. The third kappa shape index (κ3) is 5.50. The van der Waals surface area contributed by atoms with Crippen molar-refractivity contribution >= 4 is 37.8 Å². The molecule has 0 bridgehead atoms. The summed E-state index contributed by atoms with van der Waals surface area (Å²) in [4.78, 5) is 18.4. The summed E-state index contributed by atoms with van der Waals surface area (Å²) in [5, 5.41) is 10.5. The predicted molar refractivity (Wildman–Crippen MR) is 148 cm³/mol. The van der Waals surface area contributed by atoms with Crippen molar-refractivity contribution in [2.24, 2.45) is 5.92 Å². The minimum absolute atomic E-state index is 0.0919. The number of para-hydroxylation sites is 1. The van der Waals surface area contributed by atoms with Gasteiger partial charge >= 0.3 is 0 Å². The third-order valence-electron chi connectivity index (χ3n) is 7.30. The van der Waals surface area contributed by atoms with E-state index in [2.05, 4.69) is 4.72 Å². The number of hydrogen-bond donors (Lipinski definition) is 2. The van der Waals surface area contributed by atoms with Gasteiger partial charge in [-0.15, -0.1) is 0 Å². The number of nitrogens with one attached hydrogen (secondary N) is 1. The number of sulfonamides is 1. The van der Waals surface area contributed by atoms with Crippen LogP contribution in [0.25, 0.3) is 33.3 Å². The van der Waals surface area contributed by atoms with Gasteiger partial charge in [-0.1, -0.05) is 24.3 Å². The molecule has 0 radical (unpaired) electrons. The summed E-state index contributed by atoms with van der Waals surface area (Å²) >= 11 is 0. The molecule has 0 aliphatic carbocycles. The van der Waals surface area contributed by atoms with E-state index < -0.39 is 28.3 Å². The van der Waals surface area contributed by atoms with E-state index in [1.807, 2.05) is 51.1 Å². The SMILES string of the molecule is Cc1c(-c2cc(C(=O)NS(=O)(=O)CCO)c3c(O[C@H](C)C4CCOCC4)ccc(C)c3n2)oc2ccccc12. The number of carbonyl (C=O) groups is 1. The van der Waals surface area contributed by atoms with Gasteiger partial charge in [0.25, 0.3) is 5.91 Å². The first-order valence-electron chi connectivity index (χ1n) is 13.0. The van der Waals surface area contributed by atoms with E-state index in [0.29, 0.717) is 46.9 Å². The Morgan fingerprint density at radius 3 is 2.64 bits per heavy atom. The minimum Gasteiger partial charge on any atom is -0.490 e. The number of pyridine rings is 1. The highest BCUT2D eigenvalue weighted by Gasteiger charge is 2.27. The van der Waals surface area contributed by atoms with Crippen molar-refractivity contribution in [1.29, 1.82) is 0 Å². The summed E-state index contributed by atoms with van der Waals surface area (Å²) in [5.74, 6) is -0.213. The fraction of sp³-hybridized carbons (Fsp3) is 0.379. The zero-order valence-corrected chi connectivity index (χ0v) is 23.0. The molecule has 1 fully saturated rings. The van der Waals surface area contributed by atoms with E-state index in [0.717, 1.165) is 29.4 Å². The number of benzene rings is 2. The van der Waals surface area contributed by atoms with Crippen LogP contribution in [0, 0.1) is 19.8 Å². The first-order valence-corrected chi connectivity index (χ1v) is 14.7. The topological polar surface area (TPSA) is 128 Å². The molecule has 2 aromatic heterocycles. The third-order valence-corrected chi connectivity index (χ3v) is 8.51. The summed E-state index contributed by atoms with van der Waals surface area (Å²) in [6.07, 6.45) is 1.57. The highest BCUT2D eigenvalue weighted by molar-refractivity contribution is 7.90. The van der Waals surface area contributed by atoms with Crippen LogP contribution in [0.2, 0.25) is 0 Å². The summed E-state index contributed by atoms with van der Waals surface area (Å²) < 4.78 is 45.0. The van der Waals surface area contributed by atoms with E-state index in [1.54, 1.807) is 12.1 Å². The lowest BCUT2D eigenvalue weighted by atomic mass is 9.94. The number of rotatable bonds is 8. The van der Waals surface area contributed by atoms with Gasteiger partial charge in [0, 0.05) is 24.2 Å². The lowest BCUT2D eigenvalue weighted by Crippen LogP contribution is -2.34. The first kappa shape index (κ1) is 27.1. The maximum absolute atomic E-state index is 13.5. The standard InChI is InChI=1S/C29H32N2O7S/c1-17-8-9-25(37-19(3)20-10-13-36-14-11-20)26-22(29(33)31-39(34,35)15-12-32)16-23(30-27(17)26)28-18(2)21-6-4-5-7-24(21)38-28/h4-9,16,19-20,32H,10-15H2,1-3H3,(H,31,33)/t19-/m1/s1. The molecule has 206 valence electrons. The predicted octanol–water partition coefficient (Wildman–Crippen LogP) is 4.51. The molecule has 2 aromatic carbocycles. The molecule has 1 amide bonds. The zero-order chi connectivity index (χ0) is 27.7. The molecule has 10 heteroatoms. The average molecular weight is 553 g/mol. The van der Waals surface area contributed by atoms with Crippen molar-refractivity contribution in [2.75, 3.05) is 25.6 Å². The van der Waals surface area contributed by atoms with E-state index in [9.17, 15) is 18.3 Å². The number of nitrogens with zero attached hydrogens (tertiary/aromatic N) is 1. The molecule has 1 saturated heterocycles. The fourth-order valence-electron chi connectivity index (χ4n) is 5.10. The van der Waals surface area contributed by atoms with Crippen molar-refractivity contribution in [2.45, 2.75) is 39.7 Å². The van der Waals surface area contributed by atoms with E-state index in [-0.39, 0.29) is 17.6 Å². The van der Waals surface area contributed by atoms with Crippen LogP contribution in [-0.2, 0) is 14.8 Å². The van der Waals surface area contributed by atoms with Crippen LogP contribution in [0.1, 0.15) is 41.3 Å². The second-order valence-electron chi connectivity index (χ2n) is 9.96. The van der Waals surface area contributed by atoms with Crippen LogP contribution in [0.4, 0.5) is 0 Å². The van der Waals surface area contributed by atoms with Crippen LogP contribution in [0.15, 0.2) is 46.9 Å². The van der Waals surface area contributed by atoms with Gasteiger partial charge in [0.2, 0.25) is 10.0 Å². The fourth-order valence-corrected chi connectivity index (χ4v) is 5.84. The van der Waals surface area contributed by atoms with Gasteiger partial charge in [0.1, 0.15) is 17.0 Å². The van der Waals surface area contributed by atoms with E-state index in [4.69, 9.17) is 18.9 Å². The lowest BCUT2D eigenvalue weighted by Gasteiger charge is -2.29. The number of furan rings is 1. The van der Waals surface area contributed by atoms with Gasteiger partial charge in [-0.05, 0) is 63.3 Å². The molecule has 3 heterocycles. The van der Waals surface area contributed by atoms with Crippen molar-refractivity contribution in [1.82, 2.24) is 9.71 Å². The van der Waals surface area contributed by atoms with Crippen molar-refractivity contribution in [3.8, 4) is 17.2 Å². The maximum atomic E-state index is 13.5. The summed E-state index contributed by atoms with van der Waals surface area (Å²) in [7, 11) is -4.07. The molecule has 1 aliphatic heterocycles. The Balaban J connectivity index is 1.68. The second-order valence-corrected chi connectivity index (χ2v) is 11.8. The van der Waals surface area contributed by atoms with Gasteiger partial charge in [-0.25, -0.2) is 18.1 Å². The molecule has 2 N–H and O–H groups in total. The molecular formula is C29H32N2O7S. The van der Waals surface area contributed by atoms with E-state index in [1.165, 1.54) is 0 Å². The Kier molecular flexibility index (Phi) is 7.61. The molecule has 0 unspecified atom stereocenters. The first-order chi connectivity index (χ1) is 18.7. The largest absolute Gasteiger partial charge is 0.490 e. The smallest absolute Gasteiger partial charge is 0.265 e. The minimum atomic E-state index is -4.07. The molecule has 9 nitrogen and oxygen atoms in total. The van der Waals surface area contributed by atoms with Crippen LogP contribution < -0.4 is 9.46 Å². The van der Waals surface area contributed by atoms with E-state index >= 15 is 0 Å². The number of amides is 1. The van der Waals surface area contributed by atoms with Crippen LogP contribution in [-0.4, -0.2) is 56.1 Å². The van der Waals surface area contributed by atoms with Crippen LogP contribution >= 0.6 is 0 Å². The average Bonchev–Trinajstić information content (AvgIpc) is 3.26. The second kappa shape index (κ2) is 11.0. The van der Waals surface area contributed by atoms with Crippen molar-refractivity contribution < 1.29 is 32.2 Å². The molecule has 39 heavy (non-hydrogen) atoms. The number of carbonyl (C=O) groups excluding carboxylic acids is 1. The Labute approximate surface area is 227 Å². The zero-order valence-electron chi connectivity index (χ0n) is 22.2. The lowest BCUT2D eigenvalue weighted by molar-refractivity contribution is 0.0243. The Morgan fingerprint density at radius 1 is 1.18 bits per heavy atom. The number of aliphatic hydroxyl groups is 1. The number of ether oxygens (including phenoxy) is 2. The normalized spacial score (nSPS) is 15.5. The Hall–Kier alpha value is -3.47. The molecule has 1 aliphatic rings. The maximum Gasteiger partial charge on any atom is 0.265 e. The molecule has 0 saturated carbocycles. The molecular weight excluding hydrogens is 520 g/mol. The molecule has 0 spiro atoms. The monoisotopic (exact) mass is 552 g/mol. The number of hydrogen-bond acceptors (Lipinski definition) is 8. The molecule has 4 aromatic rings. The van der Waals surface area contributed by atoms with Gasteiger partial charge in [-0.3, -0.25) is 4.79 Å². The van der Waals surface area contributed by atoms with Gasteiger partial charge in [0.15, 0.2) is 5.76 Å². The van der Waals surface area contributed by atoms with Gasteiger partial charge in [0.05, 0.1) is 34.9 Å². The Bertz CT molecular complexity index is 1640. The van der Waals surface area contributed by atoms with Crippen molar-refractivity contribution in [3.63, 3.8) is 0 Å². The number of aliphatic hydroxyl groups excluding tert-OH is 1. The Morgan fingerprint density at radius 2 is 1.92 bits per heavy atom. The highest BCUT2D eigenvalue weighted by Crippen LogP contribution is 2.38. The number of aromatic nitrogens is 1. The number of fused-ring (bicyclic) bond motifs is 2. The molecule has 1 atom stereocenters.